The molecule has 39 heavy (non-hydrogen) atoms. The highest BCUT2D eigenvalue weighted by Gasteiger charge is 2.27. The fourth-order valence-electron chi connectivity index (χ4n) is 4.68. The standard InChI is InChI=1S/C30H28ClN3O5/c1-19-13-22(31)8-12-27(19)39-18-29(36)34-17-23-9-10-25(33(23)16-21-5-3-4-6-24(21)34)30(37)32-15-20-7-11-26(35)28(14-20)38-2/h3-14,35H,15-18H2,1-2H3,(H,32,37). The van der Waals surface area contributed by atoms with Gasteiger partial charge in [0.25, 0.3) is 11.8 Å². The van der Waals surface area contributed by atoms with Crippen LogP contribution in [0.4, 0.5) is 5.69 Å². The van der Waals surface area contributed by atoms with Gasteiger partial charge in [0.1, 0.15) is 11.4 Å². The number of aromatic nitrogens is 1. The molecule has 0 saturated carbocycles. The number of methoxy groups -OCH3 is 1. The molecule has 0 radical (unpaired) electrons. The molecule has 0 fully saturated rings. The normalized spacial score (nSPS) is 12.2. The van der Waals surface area contributed by atoms with Crippen molar-refractivity contribution in [3.8, 4) is 17.2 Å². The Balaban J connectivity index is 1.35. The van der Waals surface area contributed by atoms with Crippen LogP contribution in [0, 0.1) is 6.92 Å². The van der Waals surface area contributed by atoms with Gasteiger partial charge < -0.3 is 29.4 Å². The fraction of sp³-hybridized carbons (Fsp3) is 0.200. The molecule has 8 nitrogen and oxygen atoms in total. The molecule has 2 N–H and O–H groups in total. The smallest absolute Gasteiger partial charge is 0.268 e. The molecule has 1 aliphatic rings. The van der Waals surface area contributed by atoms with Gasteiger partial charge in [0.2, 0.25) is 0 Å². The summed E-state index contributed by atoms with van der Waals surface area (Å²) in [5.74, 6) is 0.543. The average molecular weight is 546 g/mol. The predicted molar refractivity (Wildman–Crippen MR) is 149 cm³/mol. The number of ether oxygens (including phenoxy) is 2. The number of hydrogen-bond acceptors (Lipinski definition) is 5. The van der Waals surface area contributed by atoms with Crippen LogP contribution in [0.1, 0.15) is 32.9 Å². The minimum Gasteiger partial charge on any atom is -0.504 e. The number of amides is 2. The molecule has 3 aromatic carbocycles. The van der Waals surface area contributed by atoms with Gasteiger partial charge >= 0.3 is 0 Å². The second-order valence-corrected chi connectivity index (χ2v) is 9.73. The van der Waals surface area contributed by atoms with Crippen molar-refractivity contribution in [2.75, 3.05) is 18.6 Å². The van der Waals surface area contributed by atoms with Gasteiger partial charge in [-0.25, -0.2) is 0 Å². The predicted octanol–water partition coefficient (Wildman–Crippen LogP) is 5.07. The molecule has 0 saturated heterocycles. The number of nitrogens with zero attached hydrogens (tertiary/aromatic N) is 2. The van der Waals surface area contributed by atoms with E-state index in [1.165, 1.54) is 13.2 Å². The third kappa shape index (κ3) is 5.56. The number of para-hydroxylation sites is 1. The maximum absolute atomic E-state index is 13.4. The molecular weight excluding hydrogens is 518 g/mol. The Kier molecular flexibility index (Phi) is 7.47. The summed E-state index contributed by atoms with van der Waals surface area (Å²) in [7, 11) is 1.48. The van der Waals surface area contributed by atoms with Gasteiger partial charge in [0.15, 0.2) is 18.1 Å². The highest BCUT2D eigenvalue weighted by Crippen LogP contribution is 2.30. The molecule has 5 rings (SSSR count). The van der Waals surface area contributed by atoms with Crippen LogP contribution in [0.25, 0.3) is 0 Å². The lowest BCUT2D eigenvalue weighted by atomic mass is 10.1. The number of aryl methyl sites for hydroxylation is 1. The lowest BCUT2D eigenvalue weighted by Gasteiger charge is -2.23. The largest absolute Gasteiger partial charge is 0.504 e. The van der Waals surface area contributed by atoms with Crippen molar-refractivity contribution in [2.24, 2.45) is 0 Å². The van der Waals surface area contributed by atoms with Crippen molar-refractivity contribution in [3.63, 3.8) is 0 Å². The van der Waals surface area contributed by atoms with Crippen LogP contribution in [-0.4, -0.2) is 35.2 Å². The molecule has 2 heterocycles. The van der Waals surface area contributed by atoms with E-state index >= 15 is 0 Å². The van der Waals surface area contributed by atoms with E-state index in [4.69, 9.17) is 21.1 Å². The SMILES string of the molecule is COc1cc(CNC(=O)c2ccc3n2Cc2ccccc2N(C(=O)COc2ccc(Cl)cc2C)C3)ccc1O. The number of nitrogens with one attached hydrogen (secondary N) is 1. The van der Waals surface area contributed by atoms with E-state index in [0.717, 1.165) is 28.1 Å². The molecule has 0 unspecified atom stereocenters. The van der Waals surface area contributed by atoms with Crippen molar-refractivity contribution in [1.82, 2.24) is 9.88 Å². The summed E-state index contributed by atoms with van der Waals surface area (Å²) >= 11 is 6.04. The molecule has 2 amide bonds. The van der Waals surface area contributed by atoms with Crippen LogP contribution >= 0.6 is 11.6 Å². The van der Waals surface area contributed by atoms with E-state index in [0.29, 0.717) is 35.3 Å². The van der Waals surface area contributed by atoms with Crippen LogP contribution in [0.5, 0.6) is 17.2 Å². The number of benzene rings is 3. The highest BCUT2D eigenvalue weighted by molar-refractivity contribution is 6.30. The lowest BCUT2D eigenvalue weighted by molar-refractivity contribution is -0.120. The summed E-state index contributed by atoms with van der Waals surface area (Å²) in [6.07, 6.45) is 0. The summed E-state index contributed by atoms with van der Waals surface area (Å²) < 4.78 is 12.9. The van der Waals surface area contributed by atoms with Gasteiger partial charge in [-0.05, 0) is 72.1 Å². The van der Waals surface area contributed by atoms with Gasteiger partial charge in [-0.3, -0.25) is 9.59 Å². The van der Waals surface area contributed by atoms with E-state index < -0.39 is 0 Å². The third-order valence-corrected chi connectivity index (χ3v) is 6.96. The van der Waals surface area contributed by atoms with Crippen molar-refractivity contribution in [1.29, 1.82) is 0 Å². The highest BCUT2D eigenvalue weighted by atomic mass is 35.5. The second kappa shape index (κ2) is 11.1. The first kappa shape index (κ1) is 26.2. The zero-order valence-corrected chi connectivity index (χ0v) is 22.4. The zero-order valence-electron chi connectivity index (χ0n) is 21.6. The topological polar surface area (TPSA) is 93.0 Å². The van der Waals surface area contributed by atoms with Gasteiger partial charge in [0, 0.05) is 22.9 Å². The number of anilines is 1. The fourth-order valence-corrected chi connectivity index (χ4v) is 4.90. The van der Waals surface area contributed by atoms with E-state index in [1.54, 1.807) is 41.3 Å². The number of hydrogen-bond donors (Lipinski definition) is 2. The number of carbonyl (C=O) groups excluding carboxylic acids is 2. The van der Waals surface area contributed by atoms with Gasteiger partial charge in [0.05, 0.1) is 20.2 Å². The first-order valence-corrected chi connectivity index (χ1v) is 12.8. The summed E-state index contributed by atoms with van der Waals surface area (Å²) in [4.78, 5) is 28.3. The molecule has 4 aromatic rings. The third-order valence-electron chi connectivity index (χ3n) is 6.72. The monoisotopic (exact) mass is 545 g/mol. The minimum absolute atomic E-state index is 0.0379. The number of halogens is 1. The molecular formula is C30H28ClN3O5. The summed E-state index contributed by atoms with van der Waals surface area (Å²) in [6.45, 7) is 2.74. The van der Waals surface area contributed by atoms with E-state index in [2.05, 4.69) is 5.32 Å². The average Bonchev–Trinajstić information content (AvgIpc) is 3.24. The van der Waals surface area contributed by atoms with Crippen LogP contribution in [0.3, 0.4) is 0 Å². The van der Waals surface area contributed by atoms with Gasteiger partial charge in [-0.1, -0.05) is 35.9 Å². The molecule has 200 valence electrons. The summed E-state index contributed by atoms with van der Waals surface area (Å²) in [6, 6.07) is 21.5. The zero-order chi connectivity index (χ0) is 27.5. The first-order chi connectivity index (χ1) is 18.8. The molecule has 1 aromatic heterocycles. The van der Waals surface area contributed by atoms with Gasteiger partial charge in [-0.2, -0.15) is 0 Å². The van der Waals surface area contributed by atoms with Crippen LogP contribution < -0.4 is 19.7 Å². The number of fused-ring (bicyclic) bond motifs is 2. The maximum Gasteiger partial charge on any atom is 0.268 e. The molecule has 0 aliphatic carbocycles. The maximum atomic E-state index is 13.4. The van der Waals surface area contributed by atoms with E-state index in [-0.39, 0.29) is 30.7 Å². The van der Waals surface area contributed by atoms with Crippen molar-refractivity contribution in [3.05, 3.63) is 106 Å². The minimum atomic E-state index is -0.243. The van der Waals surface area contributed by atoms with Crippen LogP contribution in [0.15, 0.2) is 72.8 Å². The van der Waals surface area contributed by atoms with Gasteiger partial charge in [-0.15, -0.1) is 0 Å². The quantitative estimate of drug-likeness (QED) is 0.338. The Bertz CT molecular complexity index is 1550. The number of phenols is 1. The summed E-state index contributed by atoms with van der Waals surface area (Å²) in [5, 5.41) is 13.4. The summed E-state index contributed by atoms with van der Waals surface area (Å²) in [5.41, 5.74) is 4.66. The van der Waals surface area contributed by atoms with E-state index in [9.17, 15) is 14.7 Å². The number of phenolic OH excluding ortho intramolecular Hbond substituents is 1. The molecule has 9 heteroatoms. The molecule has 1 aliphatic heterocycles. The van der Waals surface area contributed by atoms with Crippen molar-refractivity contribution in [2.45, 2.75) is 26.6 Å². The Morgan fingerprint density at radius 2 is 1.82 bits per heavy atom. The van der Waals surface area contributed by atoms with Crippen molar-refractivity contribution >= 4 is 29.1 Å². The molecule has 0 spiro atoms. The Morgan fingerprint density at radius 1 is 1.00 bits per heavy atom. The lowest BCUT2D eigenvalue weighted by Crippen LogP contribution is -2.34. The van der Waals surface area contributed by atoms with Crippen LogP contribution in [-0.2, 0) is 24.4 Å². The van der Waals surface area contributed by atoms with Crippen molar-refractivity contribution < 1.29 is 24.2 Å². The van der Waals surface area contributed by atoms with E-state index in [1.807, 2.05) is 41.8 Å². The Morgan fingerprint density at radius 3 is 2.62 bits per heavy atom. The molecule has 0 atom stereocenters. The Hall–Kier alpha value is -4.43. The number of carbonyl (C=O) groups is 2. The first-order valence-electron chi connectivity index (χ1n) is 12.4. The molecule has 0 bridgehead atoms. The number of aromatic hydroxyl groups is 1. The number of rotatable bonds is 7. The van der Waals surface area contributed by atoms with Crippen LogP contribution in [0.2, 0.25) is 5.02 Å². The Labute approximate surface area is 231 Å². The second-order valence-electron chi connectivity index (χ2n) is 9.29.